The molecule has 1 unspecified atom stereocenters. The van der Waals surface area contributed by atoms with Gasteiger partial charge < -0.3 is 4.74 Å². The van der Waals surface area contributed by atoms with Crippen molar-refractivity contribution in [2.75, 3.05) is 17.8 Å². The maximum atomic E-state index is 13.1. The Morgan fingerprint density at radius 2 is 1.62 bits per heavy atom. The van der Waals surface area contributed by atoms with Gasteiger partial charge in [-0.05, 0) is 44.4 Å². The smallest absolute Gasteiger partial charge is 0.328 e. The zero-order valence-corrected chi connectivity index (χ0v) is 21.7. The van der Waals surface area contributed by atoms with Crippen LogP contribution in [-0.4, -0.2) is 35.9 Å². The molecular weight excluding hydrogens is 446 g/mol. The Balaban J connectivity index is 2.68. The molecular formula is C25H38ClNO4S. The van der Waals surface area contributed by atoms with E-state index in [4.69, 9.17) is 16.3 Å². The molecule has 0 bridgehead atoms. The summed E-state index contributed by atoms with van der Waals surface area (Å²) in [5, 5.41) is 0.522. The second-order valence-electron chi connectivity index (χ2n) is 8.19. The summed E-state index contributed by atoms with van der Waals surface area (Å²) >= 11 is 7.30. The predicted molar refractivity (Wildman–Crippen MR) is 135 cm³/mol. The first-order valence-electron chi connectivity index (χ1n) is 11.6. The van der Waals surface area contributed by atoms with E-state index in [9.17, 15) is 14.4 Å². The molecule has 180 valence electrons. The molecule has 1 atom stereocenters. The number of carbonyl (C=O) groups is 3. The first-order chi connectivity index (χ1) is 15.2. The summed E-state index contributed by atoms with van der Waals surface area (Å²) in [6, 6.07) is 2.76. The highest BCUT2D eigenvalue weighted by Crippen LogP contribution is 2.32. The van der Waals surface area contributed by atoms with Gasteiger partial charge >= 0.3 is 5.97 Å². The molecule has 32 heavy (non-hydrogen) atoms. The number of aryl methyl sites for hydroxylation is 1. The van der Waals surface area contributed by atoms with Gasteiger partial charge in [0.1, 0.15) is 6.04 Å². The fourth-order valence-electron chi connectivity index (χ4n) is 3.68. The molecule has 0 N–H and O–H groups in total. The topological polar surface area (TPSA) is 63.7 Å². The van der Waals surface area contributed by atoms with Crippen LogP contribution < -0.4 is 4.90 Å². The van der Waals surface area contributed by atoms with Crippen LogP contribution in [0.15, 0.2) is 12.1 Å². The van der Waals surface area contributed by atoms with Gasteiger partial charge in [-0.25, -0.2) is 4.79 Å². The normalized spacial score (nSPS) is 11.8. The summed E-state index contributed by atoms with van der Waals surface area (Å²) < 4.78 is 4.87. The zero-order valence-electron chi connectivity index (χ0n) is 20.2. The number of rotatable bonds is 14. The van der Waals surface area contributed by atoms with E-state index in [1.165, 1.54) is 44.1 Å². The number of amides is 1. The summed E-state index contributed by atoms with van der Waals surface area (Å²) in [5.41, 5.74) is 2.13. The fraction of sp³-hybridized carbons (Fsp3) is 0.640. The number of benzene rings is 1. The number of anilines is 1. The van der Waals surface area contributed by atoms with Crippen molar-refractivity contribution in [2.45, 2.75) is 91.5 Å². The molecule has 1 aromatic carbocycles. The Hall–Kier alpha value is -1.53. The molecule has 5 nitrogen and oxygen atoms in total. The average molecular weight is 484 g/mol. The number of esters is 1. The third-order valence-electron chi connectivity index (χ3n) is 5.60. The highest BCUT2D eigenvalue weighted by Gasteiger charge is 2.31. The van der Waals surface area contributed by atoms with Crippen molar-refractivity contribution in [3.63, 3.8) is 0 Å². The van der Waals surface area contributed by atoms with Crippen LogP contribution in [0.1, 0.15) is 82.8 Å². The van der Waals surface area contributed by atoms with Crippen molar-refractivity contribution < 1.29 is 19.1 Å². The third-order valence-corrected chi connectivity index (χ3v) is 6.92. The van der Waals surface area contributed by atoms with Crippen molar-refractivity contribution in [3.8, 4) is 0 Å². The maximum Gasteiger partial charge on any atom is 0.328 e. The van der Waals surface area contributed by atoms with E-state index in [1.807, 2.05) is 19.9 Å². The van der Waals surface area contributed by atoms with Gasteiger partial charge in [0.05, 0.1) is 18.6 Å². The first-order valence-corrected chi connectivity index (χ1v) is 12.9. The van der Waals surface area contributed by atoms with Gasteiger partial charge in [0.2, 0.25) is 5.91 Å². The first kappa shape index (κ1) is 28.5. The molecule has 1 amide bonds. The van der Waals surface area contributed by atoms with Crippen LogP contribution in [0.2, 0.25) is 5.02 Å². The van der Waals surface area contributed by atoms with Crippen LogP contribution in [0.5, 0.6) is 0 Å². The van der Waals surface area contributed by atoms with Crippen molar-refractivity contribution >= 4 is 46.0 Å². The van der Waals surface area contributed by atoms with E-state index < -0.39 is 12.0 Å². The standard InChI is InChI=1S/C25H38ClNO4S/c1-6-7-8-9-10-11-12-13-14-23(29)32-17-22(28)27(20(4)25(30)31-5)24-18(2)15-16-21(26)19(24)3/h15-16,20H,6-14,17H2,1-5H3. The second-order valence-corrected chi connectivity index (χ2v) is 9.63. The molecule has 0 spiro atoms. The molecule has 7 heteroatoms. The van der Waals surface area contributed by atoms with E-state index in [2.05, 4.69) is 6.92 Å². The summed E-state index contributed by atoms with van der Waals surface area (Å²) in [5.74, 6) is -0.860. The minimum absolute atomic E-state index is 0.00884. The molecule has 1 aromatic rings. The van der Waals surface area contributed by atoms with Gasteiger partial charge in [-0.15, -0.1) is 0 Å². The summed E-state index contributed by atoms with van der Waals surface area (Å²) in [7, 11) is 1.29. The number of hydrogen-bond donors (Lipinski definition) is 0. The number of unbranched alkanes of at least 4 members (excludes halogenated alkanes) is 7. The van der Waals surface area contributed by atoms with E-state index >= 15 is 0 Å². The summed E-state index contributed by atoms with van der Waals surface area (Å²) in [4.78, 5) is 39.1. The van der Waals surface area contributed by atoms with E-state index in [0.717, 1.165) is 36.6 Å². The Bertz CT molecular complexity index is 769. The lowest BCUT2D eigenvalue weighted by molar-refractivity contribution is -0.142. The Morgan fingerprint density at radius 1 is 1.03 bits per heavy atom. The molecule has 0 saturated carbocycles. The molecule has 0 fully saturated rings. The molecule has 1 rings (SSSR count). The summed E-state index contributed by atoms with van der Waals surface area (Å²) in [6.07, 6.45) is 9.83. The predicted octanol–water partition coefficient (Wildman–Crippen LogP) is 6.64. The van der Waals surface area contributed by atoms with Crippen molar-refractivity contribution in [2.24, 2.45) is 0 Å². The van der Waals surface area contributed by atoms with E-state index in [1.54, 1.807) is 13.0 Å². The number of hydrogen-bond acceptors (Lipinski definition) is 5. The van der Waals surface area contributed by atoms with Crippen molar-refractivity contribution in [1.29, 1.82) is 0 Å². The minimum Gasteiger partial charge on any atom is -0.467 e. The molecule has 0 radical (unpaired) electrons. The van der Waals surface area contributed by atoms with Crippen LogP contribution in [0, 0.1) is 13.8 Å². The Labute approximate surface area is 202 Å². The van der Waals surface area contributed by atoms with Gasteiger partial charge in [-0.1, -0.05) is 81.3 Å². The number of carbonyl (C=O) groups excluding carboxylic acids is 3. The molecule has 0 aliphatic rings. The van der Waals surface area contributed by atoms with Crippen molar-refractivity contribution in [3.05, 3.63) is 28.3 Å². The van der Waals surface area contributed by atoms with Crippen LogP contribution >= 0.6 is 23.4 Å². The zero-order chi connectivity index (χ0) is 24.1. The van der Waals surface area contributed by atoms with Crippen LogP contribution in [0.25, 0.3) is 0 Å². The molecule has 0 heterocycles. The third kappa shape index (κ3) is 9.14. The fourth-order valence-corrected chi connectivity index (χ4v) is 4.54. The van der Waals surface area contributed by atoms with Gasteiger partial charge in [-0.3, -0.25) is 14.5 Å². The summed E-state index contributed by atoms with van der Waals surface area (Å²) in [6.45, 7) is 7.51. The lowest BCUT2D eigenvalue weighted by Gasteiger charge is -2.30. The quantitative estimate of drug-likeness (QED) is 0.219. The molecule has 0 aromatic heterocycles. The van der Waals surface area contributed by atoms with Gasteiger partial charge in [0, 0.05) is 11.4 Å². The highest BCUT2D eigenvalue weighted by atomic mass is 35.5. The van der Waals surface area contributed by atoms with Gasteiger partial charge in [0.15, 0.2) is 5.12 Å². The largest absolute Gasteiger partial charge is 0.467 e. The number of ether oxygens (including phenoxy) is 1. The lowest BCUT2D eigenvalue weighted by Crippen LogP contribution is -2.45. The molecule has 0 aliphatic carbocycles. The Morgan fingerprint density at radius 3 is 2.22 bits per heavy atom. The van der Waals surface area contributed by atoms with E-state index in [-0.39, 0.29) is 16.8 Å². The van der Waals surface area contributed by atoms with Crippen molar-refractivity contribution in [1.82, 2.24) is 0 Å². The lowest BCUT2D eigenvalue weighted by atomic mass is 10.1. The van der Waals surface area contributed by atoms with Crippen LogP contribution in [0.4, 0.5) is 5.69 Å². The highest BCUT2D eigenvalue weighted by molar-refractivity contribution is 8.14. The number of thioether (sulfide) groups is 1. The Kier molecular flexibility index (Phi) is 13.7. The van der Waals surface area contributed by atoms with Gasteiger partial charge in [0.25, 0.3) is 0 Å². The maximum absolute atomic E-state index is 13.1. The average Bonchev–Trinajstić information content (AvgIpc) is 2.78. The number of nitrogens with zero attached hydrogens (tertiary/aromatic N) is 1. The second kappa shape index (κ2) is 15.3. The van der Waals surface area contributed by atoms with Crippen LogP contribution in [0.3, 0.4) is 0 Å². The molecule has 0 saturated heterocycles. The van der Waals surface area contributed by atoms with Gasteiger partial charge in [-0.2, -0.15) is 0 Å². The number of halogens is 1. The monoisotopic (exact) mass is 483 g/mol. The van der Waals surface area contributed by atoms with Crippen LogP contribution in [-0.2, 0) is 19.1 Å². The SMILES string of the molecule is CCCCCCCCCCC(=O)SCC(=O)N(c1c(C)ccc(Cl)c1C)C(C)C(=O)OC. The molecule has 0 aliphatic heterocycles. The number of methoxy groups -OCH3 is 1. The minimum atomic E-state index is -0.827. The van der Waals surface area contributed by atoms with E-state index in [0.29, 0.717) is 22.7 Å².